The first kappa shape index (κ1) is 14.5. The third kappa shape index (κ3) is 3.56. The number of rotatable bonds is 6. The van der Waals surface area contributed by atoms with Gasteiger partial charge in [-0.25, -0.2) is 0 Å². The van der Waals surface area contributed by atoms with Crippen molar-refractivity contribution in [3.8, 4) is 0 Å². The van der Waals surface area contributed by atoms with Gasteiger partial charge in [0.15, 0.2) is 0 Å². The maximum Gasteiger partial charge on any atom is 0.0853 e. The lowest BCUT2D eigenvalue weighted by Crippen LogP contribution is -2.31. The van der Waals surface area contributed by atoms with Gasteiger partial charge in [0.2, 0.25) is 0 Å². The molecule has 0 saturated carbocycles. The Hall–Kier alpha value is -0.900. The second kappa shape index (κ2) is 7.04. The molecule has 106 valence electrons. The van der Waals surface area contributed by atoms with Crippen molar-refractivity contribution in [1.29, 1.82) is 0 Å². The molecule has 0 aromatic heterocycles. The van der Waals surface area contributed by atoms with E-state index in [1.165, 1.54) is 11.1 Å². The van der Waals surface area contributed by atoms with Gasteiger partial charge in [-0.2, -0.15) is 0 Å². The van der Waals surface area contributed by atoms with E-state index in [4.69, 9.17) is 9.47 Å². The molecule has 3 nitrogen and oxygen atoms in total. The standard InChI is InChI=1S/C16H24O3/c1-3-15(18-4-2)14(17)11-16-13-8-6-5-7-12(13)9-10-19-16/h5-8,14-17H,3-4,9-11H2,1-2H3. The highest BCUT2D eigenvalue weighted by atomic mass is 16.5. The van der Waals surface area contributed by atoms with Crippen LogP contribution in [0.5, 0.6) is 0 Å². The molecule has 0 saturated heterocycles. The Balaban J connectivity index is 2.03. The molecule has 2 rings (SSSR count). The minimum Gasteiger partial charge on any atom is -0.390 e. The van der Waals surface area contributed by atoms with Gasteiger partial charge >= 0.3 is 0 Å². The number of benzene rings is 1. The summed E-state index contributed by atoms with van der Waals surface area (Å²) in [5.74, 6) is 0. The number of hydrogen-bond donors (Lipinski definition) is 1. The Morgan fingerprint density at radius 1 is 1.37 bits per heavy atom. The smallest absolute Gasteiger partial charge is 0.0853 e. The van der Waals surface area contributed by atoms with Gasteiger partial charge in [-0.05, 0) is 30.9 Å². The molecular weight excluding hydrogens is 240 g/mol. The van der Waals surface area contributed by atoms with E-state index in [1.807, 2.05) is 19.9 Å². The van der Waals surface area contributed by atoms with Gasteiger partial charge in [0.1, 0.15) is 0 Å². The zero-order chi connectivity index (χ0) is 13.7. The molecule has 0 amide bonds. The minimum atomic E-state index is -0.471. The molecule has 1 aromatic rings. The average Bonchev–Trinajstić information content (AvgIpc) is 2.45. The second-order valence-electron chi connectivity index (χ2n) is 5.01. The predicted octanol–water partition coefficient (Wildman–Crippen LogP) is 2.87. The van der Waals surface area contributed by atoms with Crippen LogP contribution in [0.1, 0.15) is 43.9 Å². The zero-order valence-corrected chi connectivity index (χ0v) is 11.8. The molecule has 0 aliphatic carbocycles. The Bertz CT molecular complexity index is 391. The maximum absolute atomic E-state index is 10.3. The van der Waals surface area contributed by atoms with Gasteiger partial charge in [-0.1, -0.05) is 31.2 Å². The third-order valence-electron chi connectivity index (χ3n) is 3.76. The van der Waals surface area contributed by atoms with Crippen molar-refractivity contribution in [2.75, 3.05) is 13.2 Å². The molecule has 19 heavy (non-hydrogen) atoms. The molecule has 1 aliphatic rings. The van der Waals surface area contributed by atoms with E-state index in [1.54, 1.807) is 0 Å². The van der Waals surface area contributed by atoms with Crippen molar-refractivity contribution < 1.29 is 14.6 Å². The average molecular weight is 264 g/mol. The Labute approximate surface area is 115 Å². The van der Waals surface area contributed by atoms with Crippen molar-refractivity contribution in [1.82, 2.24) is 0 Å². The Kier molecular flexibility index (Phi) is 5.37. The molecule has 1 aromatic carbocycles. The van der Waals surface area contributed by atoms with Crippen molar-refractivity contribution in [2.45, 2.75) is 51.4 Å². The van der Waals surface area contributed by atoms with Crippen LogP contribution >= 0.6 is 0 Å². The van der Waals surface area contributed by atoms with Crippen LogP contribution in [0.15, 0.2) is 24.3 Å². The molecule has 0 radical (unpaired) electrons. The van der Waals surface area contributed by atoms with Gasteiger partial charge in [-0.3, -0.25) is 0 Å². The molecule has 1 aliphatic heterocycles. The summed E-state index contributed by atoms with van der Waals surface area (Å²) in [6, 6.07) is 8.35. The number of hydrogen-bond acceptors (Lipinski definition) is 3. The SMILES string of the molecule is CCOC(CC)C(O)CC1OCCc2ccccc21. The summed E-state index contributed by atoms with van der Waals surface area (Å²) in [6.07, 6.45) is 1.82. The quantitative estimate of drug-likeness (QED) is 0.858. The van der Waals surface area contributed by atoms with Crippen molar-refractivity contribution in [3.05, 3.63) is 35.4 Å². The highest BCUT2D eigenvalue weighted by Crippen LogP contribution is 2.31. The number of ether oxygens (including phenoxy) is 2. The number of aliphatic hydroxyl groups is 1. The van der Waals surface area contributed by atoms with Crippen LogP contribution in [0.25, 0.3) is 0 Å². The largest absolute Gasteiger partial charge is 0.390 e. The predicted molar refractivity (Wildman–Crippen MR) is 75.2 cm³/mol. The molecule has 3 unspecified atom stereocenters. The van der Waals surface area contributed by atoms with E-state index in [0.29, 0.717) is 13.0 Å². The molecule has 0 fully saturated rings. The number of fused-ring (bicyclic) bond motifs is 1. The zero-order valence-electron chi connectivity index (χ0n) is 11.8. The molecule has 0 bridgehead atoms. The van der Waals surface area contributed by atoms with Gasteiger partial charge in [0.25, 0.3) is 0 Å². The summed E-state index contributed by atoms with van der Waals surface area (Å²) < 4.78 is 11.4. The van der Waals surface area contributed by atoms with Gasteiger partial charge in [-0.15, -0.1) is 0 Å². The van der Waals surface area contributed by atoms with E-state index in [0.717, 1.165) is 19.4 Å². The van der Waals surface area contributed by atoms with Crippen molar-refractivity contribution in [3.63, 3.8) is 0 Å². The number of aliphatic hydroxyl groups excluding tert-OH is 1. The lowest BCUT2D eigenvalue weighted by molar-refractivity contribution is -0.0671. The fourth-order valence-electron chi connectivity index (χ4n) is 2.76. The van der Waals surface area contributed by atoms with Crippen LogP contribution in [-0.2, 0) is 15.9 Å². The van der Waals surface area contributed by atoms with Gasteiger partial charge in [0, 0.05) is 13.0 Å². The first-order valence-electron chi connectivity index (χ1n) is 7.25. The van der Waals surface area contributed by atoms with Crippen molar-refractivity contribution in [2.24, 2.45) is 0 Å². The monoisotopic (exact) mass is 264 g/mol. The van der Waals surface area contributed by atoms with Gasteiger partial charge < -0.3 is 14.6 Å². The third-order valence-corrected chi connectivity index (χ3v) is 3.76. The summed E-state index contributed by atoms with van der Waals surface area (Å²) in [7, 11) is 0. The summed E-state index contributed by atoms with van der Waals surface area (Å²) in [4.78, 5) is 0. The summed E-state index contributed by atoms with van der Waals surface area (Å²) in [5.41, 5.74) is 2.56. The van der Waals surface area contributed by atoms with E-state index in [2.05, 4.69) is 18.2 Å². The topological polar surface area (TPSA) is 38.7 Å². The van der Waals surface area contributed by atoms with Crippen LogP contribution < -0.4 is 0 Å². The summed E-state index contributed by atoms with van der Waals surface area (Å²) in [6.45, 7) is 5.37. The summed E-state index contributed by atoms with van der Waals surface area (Å²) in [5, 5.41) is 10.3. The first-order valence-corrected chi connectivity index (χ1v) is 7.25. The Morgan fingerprint density at radius 3 is 2.89 bits per heavy atom. The van der Waals surface area contributed by atoms with Crippen LogP contribution in [0.3, 0.4) is 0 Å². The van der Waals surface area contributed by atoms with E-state index in [-0.39, 0.29) is 12.2 Å². The van der Waals surface area contributed by atoms with E-state index >= 15 is 0 Å². The minimum absolute atomic E-state index is 0.00513. The molecule has 1 heterocycles. The molecule has 3 heteroatoms. The second-order valence-corrected chi connectivity index (χ2v) is 5.01. The van der Waals surface area contributed by atoms with Crippen LogP contribution in [0.2, 0.25) is 0 Å². The highest BCUT2D eigenvalue weighted by Gasteiger charge is 2.27. The molecule has 3 atom stereocenters. The summed E-state index contributed by atoms with van der Waals surface area (Å²) >= 11 is 0. The maximum atomic E-state index is 10.3. The van der Waals surface area contributed by atoms with E-state index < -0.39 is 6.10 Å². The van der Waals surface area contributed by atoms with Gasteiger partial charge in [0.05, 0.1) is 24.9 Å². The lowest BCUT2D eigenvalue weighted by atomic mass is 9.92. The molecule has 1 N–H and O–H groups in total. The van der Waals surface area contributed by atoms with Crippen LogP contribution in [0, 0.1) is 0 Å². The highest BCUT2D eigenvalue weighted by molar-refractivity contribution is 5.30. The normalized spacial score (nSPS) is 21.7. The van der Waals surface area contributed by atoms with Crippen LogP contribution in [-0.4, -0.2) is 30.5 Å². The molecular formula is C16H24O3. The fourth-order valence-corrected chi connectivity index (χ4v) is 2.76. The van der Waals surface area contributed by atoms with Crippen LogP contribution in [0.4, 0.5) is 0 Å². The Morgan fingerprint density at radius 2 is 2.16 bits per heavy atom. The lowest BCUT2D eigenvalue weighted by Gasteiger charge is -2.30. The van der Waals surface area contributed by atoms with E-state index in [9.17, 15) is 5.11 Å². The first-order chi connectivity index (χ1) is 9.26. The fraction of sp³-hybridized carbons (Fsp3) is 0.625. The molecule has 0 spiro atoms. The van der Waals surface area contributed by atoms with Crippen molar-refractivity contribution >= 4 is 0 Å².